The van der Waals surface area contributed by atoms with Gasteiger partial charge < -0.3 is 19.7 Å². The molecule has 4 heterocycles. The molecule has 2 aliphatic heterocycles. The van der Waals surface area contributed by atoms with Crippen molar-refractivity contribution in [2.45, 2.75) is 57.5 Å². The monoisotopic (exact) mass is 673 g/mol. The number of H-pyrrole nitrogens is 1. The zero-order chi connectivity index (χ0) is 33.5. The highest BCUT2D eigenvalue weighted by Crippen LogP contribution is 2.36. The number of rotatable bonds is 9. The largest absolute Gasteiger partial charge is 0.462 e. The topological polar surface area (TPSA) is 121 Å². The maximum absolute atomic E-state index is 13.2. The highest BCUT2D eigenvalue weighted by molar-refractivity contribution is 7.88. The fourth-order valence-electron chi connectivity index (χ4n) is 6.75. The van der Waals surface area contributed by atoms with Gasteiger partial charge in [-0.3, -0.25) is 4.68 Å². The van der Waals surface area contributed by atoms with E-state index >= 15 is 0 Å². The molecule has 4 aromatic rings. The van der Waals surface area contributed by atoms with Gasteiger partial charge in [-0.1, -0.05) is 12.1 Å². The Morgan fingerprint density at radius 1 is 1.11 bits per heavy atom. The van der Waals surface area contributed by atoms with Crippen LogP contribution in [0.15, 0.2) is 48.7 Å². The Bertz CT molecular complexity index is 1860. The maximum atomic E-state index is 13.2. The summed E-state index contributed by atoms with van der Waals surface area (Å²) in [5.41, 5.74) is 4.15. The number of carbonyl (C=O) groups is 1. The van der Waals surface area contributed by atoms with E-state index in [1.807, 2.05) is 18.3 Å². The van der Waals surface area contributed by atoms with Crippen LogP contribution in [0.1, 0.15) is 58.4 Å². The molecule has 6 rings (SSSR count). The number of esters is 1. The number of aromatic amines is 1. The lowest BCUT2D eigenvalue weighted by Gasteiger charge is -2.33. The zero-order valence-electron chi connectivity index (χ0n) is 26.3. The van der Waals surface area contributed by atoms with Crippen molar-refractivity contribution in [2.24, 2.45) is 0 Å². The number of likely N-dealkylation sites (tertiary alicyclic amines) is 1. The number of aromatic nitrogens is 3. The fraction of sp³-hybridized carbons (Fsp3) is 0.455. The van der Waals surface area contributed by atoms with E-state index in [1.165, 1.54) is 16.4 Å². The third-order valence-electron chi connectivity index (χ3n) is 9.16. The molecule has 2 aliphatic rings. The predicted octanol–water partition coefficient (Wildman–Crippen LogP) is 4.79. The summed E-state index contributed by atoms with van der Waals surface area (Å²) in [5, 5.41) is 16.9. The molecule has 1 unspecified atom stereocenters. The van der Waals surface area contributed by atoms with Crippen LogP contribution in [0.2, 0.25) is 0 Å². The van der Waals surface area contributed by atoms with Crippen molar-refractivity contribution in [3.63, 3.8) is 0 Å². The Morgan fingerprint density at radius 2 is 1.83 bits per heavy atom. The lowest BCUT2D eigenvalue weighted by Crippen LogP contribution is -2.40. The summed E-state index contributed by atoms with van der Waals surface area (Å²) in [6.45, 7) is 4.51. The molecule has 2 aromatic carbocycles. The van der Waals surface area contributed by atoms with Crippen LogP contribution in [-0.2, 0) is 40.4 Å². The van der Waals surface area contributed by atoms with Gasteiger partial charge in [0.25, 0.3) is 0 Å². The number of aliphatic hydroxyl groups excluding tert-OH is 1. The number of fused-ring (bicyclic) bond motifs is 2. The van der Waals surface area contributed by atoms with E-state index in [0.717, 1.165) is 66.5 Å². The first-order valence-corrected chi connectivity index (χ1v) is 17.6. The van der Waals surface area contributed by atoms with Gasteiger partial charge >= 0.3 is 12.1 Å². The number of hydrogen-bond acceptors (Lipinski definition) is 7. The van der Waals surface area contributed by atoms with E-state index < -0.39 is 27.9 Å². The average molecular weight is 674 g/mol. The van der Waals surface area contributed by atoms with Crippen LogP contribution in [0, 0.1) is 0 Å². The second kappa shape index (κ2) is 13.1. The number of benzene rings is 2. The predicted molar refractivity (Wildman–Crippen MR) is 170 cm³/mol. The molecule has 0 amide bonds. The minimum absolute atomic E-state index is 0.0588. The molecule has 2 N–H and O–H groups in total. The van der Waals surface area contributed by atoms with Crippen molar-refractivity contribution in [3.05, 3.63) is 76.6 Å². The highest BCUT2D eigenvalue weighted by Gasteiger charge is 2.33. The van der Waals surface area contributed by atoms with E-state index in [1.54, 1.807) is 17.7 Å². The molecule has 47 heavy (non-hydrogen) atoms. The van der Waals surface area contributed by atoms with Gasteiger partial charge in [0.1, 0.15) is 0 Å². The molecule has 0 saturated carbocycles. The molecule has 2 aromatic heterocycles. The number of nitrogens with zero attached hydrogens (tertiary/aromatic N) is 4. The summed E-state index contributed by atoms with van der Waals surface area (Å²) in [4.78, 5) is 17.8. The van der Waals surface area contributed by atoms with Crippen LogP contribution in [0.4, 0.5) is 13.2 Å². The van der Waals surface area contributed by atoms with E-state index in [-0.39, 0.29) is 31.5 Å². The van der Waals surface area contributed by atoms with E-state index in [2.05, 4.69) is 9.88 Å². The summed E-state index contributed by atoms with van der Waals surface area (Å²) < 4.78 is 72.5. The Hall–Kier alpha value is -3.72. The third kappa shape index (κ3) is 7.10. The van der Waals surface area contributed by atoms with Gasteiger partial charge in [0.15, 0.2) is 0 Å². The van der Waals surface area contributed by atoms with Gasteiger partial charge in [-0.2, -0.15) is 22.6 Å². The smallest absolute Gasteiger partial charge is 0.416 e. The molecule has 10 nitrogen and oxygen atoms in total. The van der Waals surface area contributed by atoms with Crippen molar-refractivity contribution in [2.75, 3.05) is 39.0 Å². The van der Waals surface area contributed by atoms with Gasteiger partial charge in [-0.05, 0) is 74.7 Å². The number of halogens is 3. The molecule has 252 valence electrons. The SMILES string of the molecule is CCOC(=O)c1ccc2[nH]cc(C3CCN(CC(O)Cn4nc(-c5ccc(C(F)(F)F)cc5)c5c4CCN(S(C)(=O)=O)C5)CC3)c2c1. The first-order chi connectivity index (χ1) is 22.3. The van der Waals surface area contributed by atoms with Gasteiger partial charge in [0.2, 0.25) is 10.0 Å². The Morgan fingerprint density at radius 3 is 2.49 bits per heavy atom. The van der Waals surface area contributed by atoms with Crippen molar-refractivity contribution in [1.82, 2.24) is 24.0 Å². The standard InChI is InChI=1S/C33H38F3N5O5S/c1-3-46-32(43)23-6-9-29-26(16-23)27(17-37-29)21-10-13-39(14-11-21)18-25(42)19-41-30-12-15-40(47(2,44)45)20-28(30)31(38-41)22-4-7-24(8-5-22)33(34,35)36/h4-9,16-17,21,25,37,42H,3,10-15,18-20H2,1-2H3. The van der Waals surface area contributed by atoms with Gasteiger partial charge in [0, 0.05) is 60.0 Å². The van der Waals surface area contributed by atoms with Gasteiger partial charge in [0.05, 0.1) is 42.3 Å². The quantitative estimate of drug-likeness (QED) is 0.245. The van der Waals surface area contributed by atoms with Crippen molar-refractivity contribution in [3.8, 4) is 11.3 Å². The van der Waals surface area contributed by atoms with Crippen molar-refractivity contribution >= 4 is 26.9 Å². The van der Waals surface area contributed by atoms with Crippen molar-refractivity contribution in [1.29, 1.82) is 0 Å². The number of aliphatic hydroxyl groups is 1. The number of sulfonamides is 1. The third-order valence-corrected chi connectivity index (χ3v) is 10.4. The fourth-order valence-corrected chi connectivity index (χ4v) is 7.54. The lowest BCUT2D eigenvalue weighted by atomic mass is 9.88. The summed E-state index contributed by atoms with van der Waals surface area (Å²) in [7, 11) is -3.50. The molecule has 0 bridgehead atoms. The average Bonchev–Trinajstić information content (AvgIpc) is 3.62. The summed E-state index contributed by atoms with van der Waals surface area (Å²) in [5.74, 6) is -0.0557. The number of piperidine rings is 1. The van der Waals surface area contributed by atoms with E-state index in [4.69, 9.17) is 9.84 Å². The number of alkyl halides is 3. The normalized spacial score (nSPS) is 17.6. The minimum Gasteiger partial charge on any atom is -0.462 e. The minimum atomic E-state index is -4.48. The van der Waals surface area contributed by atoms with Gasteiger partial charge in [-0.25, -0.2) is 13.2 Å². The maximum Gasteiger partial charge on any atom is 0.416 e. The molecule has 1 saturated heterocycles. The summed E-state index contributed by atoms with van der Waals surface area (Å²) in [6, 6.07) is 10.2. The van der Waals surface area contributed by atoms with E-state index in [0.29, 0.717) is 42.0 Å². The van der Waals surface area contributed by atoms with Crippen molar-refractivity contribution < 1.29 is 36.2 Å². The second-order valence-electron chi connectivity index (χ2n) is 12.3. The molecule has 0 radical (unpaired) electrons. The number of nitrogens with one attached hydrogen (secondary N) is 1. The number of hydrogen-bond donors (Lipinski definition) is 2. The number of carbonyl (C=O) groups excluding carboxylic acids is 1. The van der Waals surface area contributed by atoms with Crippen LogP contribution >= 0.6 is 0 Å². The Kier molecular flexibility index (Phi) is 9.22. The summed E-state index contributed by atoms with van der Waals surface area (Å²) >= 11 is 0. The lowest BCUT2D eigenvalue weighted by molar-refractivity contribution is -0.137. The first kappa shape index (κ1) is 33.2. The number of ether oxygens (including phenoxy) is 1. The van der Waals surface area contributed by atoms with Gasteiger partial charge in [-0.15, -0.1) is 0 Å². The Balaban J connectivity index is 1.14. The molecule has 0 aliphatic carbocycles. The molecular weight excluding hydrogens is 635 g/mol. The molecule has 14 heteroatoms. The van der Waals surface area contributed by atoms with E-state index in [9.17, 15) is 31.5 Å². The Labute approximate surface area is 271 Å². The zero-order valence-corrected chi connectivity index (χ0v) is 27.1. The van der Waals surface area contributed by atoms with Crippen LogP contribution in [0.5, 0.6) is 0 Å². The summed E-state index contributed by atoms with van der Waals surface area (Å²) in [6.07, 6.45) is 0.00747. The first-order valence-electron chi connectivity index (χ1n) is 15.7. The van der Waals surface area contributed by atoms with Crippen LogP contribution < -0.4 is 0 Å². The van der Waals surface area contributed by atoms with Crippen LogP contribution in [0.25, 0.3) is 22.2 Å². The molecule has 0 spiro atoms. The second-order valence-corrected chi connectivity index (χ2v) is 14.3. The highest BCUT2D eigenvalue weighted by atomic mass is 32.2. The molecule has 1 fully saturated rings. The van der Waals surface area contributed by atoms with Crippen LogP contribution in [0.3, 0.4) is 0 Å². The number of β-amino-alcohol motifs (C(OH)–C–C–N with tert-alkyl or cyclic N) is 1. The van der Waals surface area contributed by atoms with Crippen LogP contribution in [-0.4, -0.2) is 88.6 Å². The molecular formula is C33H38F3N5O5S. The molecule has 1 atom stereocenters.